The van der Waals surface area contributed by atoms with Crippen LogP contribution in [0.4, 0.5) is 5.69 Å². The summed E-state index contributed by atoms with van der Waals surface area (Å²) in [7, 11) is 0. The molecule has 0 spiro atoms. The maximum Gasteiger partial charge on any atom is 0.249 e. The SMILES string of the molecule is O=C(CC(=O)Nc1ccccc1Cl)NN=Cc1ccccc1O. The number of carbonyl (C=O) groups is 2. The minimum Gasteiger partial charge on any atom is -0.507 e. The Hall–Kier alpha value is -2.86. The summed E-state index contributed by atoms with van der Waals surface area (Å²) in [6, 6.07) is 13.2. The van der Waals surface area contributed by atoms with Crippen molar-refractivity contribution in [3.05, 3.63) is 59.1 Å². The number of nitrogens with zero attached hydrogens (tertiary/aromatic N) is 1. The molecule has 0 radical (unpaired) electrons. The van der Waals surface area contributed by atoms with E-state index in [1.807, 2.05) is 0 Å². The Labute approximate surface area is 137 Å². The molecule has 0 fully saturated rings. The van der Waals surface area contributed by atoms with Crippen LogP contribution in [0.3, 0.4) is 0 Å². The van der Waals surface area contributed by atoms with Gasteiger partial charge in [0.25, 0.3) is 0 Å². The van der Waals surface area contributed by atoms with E-state index in [1.165, 1.54) is 12.3 Å². The van der Waals surface area contributed by atoms with Crippen molar-refractivity contribution in [2.75, 3.05) is 5.32 Å². The van der Waals surface area contributed by atoms with Crippen LogP contribution < -0.4 is 10.7 Å². The third-order valence-corrected chi connectivity index (χ3v) is 3.13. The second kappa shape index (κ2) is 7.95. The van der Waals surface area contributed by atoms with E-state index in [-0.39, 0.29) is 5.75 Å². The number of para-hydroxylation sites is 2. The highest BCUT2D eigenvalue weighted by Gasteiger charge is 2.10. The maximum absolute atomic E-state index is 11.7. The molecule has 0 saturated carbocycles. The van der Waals surface area contributed by atoms with Crippen molar-refractivity contribution in [2.45, 2.75) is 6.42 Å². The lowest BCUT2D eigenvalue weighted by Crippen LogP contribution is -2.24. The van der Waals surface area contributed by atoms with Gasteiger partial charge in [0, 0.05) is 5.56 Å². The number of hydrazone groups is 1. The topological polar surface area (TPSA) is 90.8 Å². The third kappa shape index (κ3) is 5.12. The summed E-state index contributed by atoms with van der Waals surface area (Å²) in [5.41, 5.74) is 3.10. The monoisotopic (exact) mass is 331 g/mol. The van der Waals surface area contributed by atoms with E-state index in [0.717, 1.165) is 0 Å². The van der Waals surface area contributed by atoms with Gasteiger partial charge in [-0.25, -0.2) is 5.43 Å². The molecule has 0 atom stereocenters. The Kier molecular flexibility index (Phi) is 5.71. The maximum atomic E-state index is 11.7. The molecule has 0 saturated heterocycles. The number of amides is 2. The van der Waals surface area contributed by atoms with Crippen molar-refractivity contribution in [2.24, 2.45) is 5.10 Å². The summed E-state index contributed by atoms with van der Waals surface area (Å²) in [4.78, 5) is 23.4. The molecule has 0 aliphatic heterocycles. The largest absolute Gasteiger partial charge is 0.507 e. The standard InChI is InChI=1S/C16H14ClN3O3/c17-12-6-2-3-7-13(12)19-15(22)9-16(23)20-18-10-11-5-1-4-8-14(11)21/h1-8,10,21H,9H2,(H,19,22)(H,20,23). The van der Waals surface area contributed by atoms with Crippen molar-refractivity contribution >= 4 is 35.3 Å². The van der Waals surface area contributed by atoms with E-state index in [0.29, 0.717) is 16.3 Å². The fraction of sp³-hybridized carbons (Fsp3) is 0.0625. The predicted molar refractivity (Wildman–Crippen MR) is 88.5 cm³/mol. The normalized spacial score (nSPS) is 10.5. The van der Waals surface area contributed by atoms with Gasteiger partial charge in [0.15, 0.2) is 0 Å². The smallest absolute Gasteiger partial charge is 0.249 e. The average Bonchev–Trinajstić information content (AvgIpc) is 2.51. The molecule has 2 aromatic rings. The Morgan fingerprint density at radius 2 is 1.78 bits per heavy atom. The Morgan fingerprint density at radius 3 is 2.52 bits per heavy atom. The minimum atomic E-state index is -0.582. The van der Waals surface area contributed by atoms with E-state index in [1.54, 1.807) is 42.5 Å². The number of carbonyl (C=O) groups excluding carboxylic acids is 2. The molecule has 6 nitrogen and oxygen atoms in total. The predicted octanol–water partition coefficient (Wildman–Crippen LogP) is 2.52. The summed E-state index contributed by atoms with van der Waals surface area (Å²) in [6.45, 7) is 0. The summed E-state index contributed by atoms with van der Waals surface area (Å²) >= 11 is 5.91. The van der Waals surface area contributed by atoms with Crippen molar-refractivity contribution in [1.29, 1.82) is 0 Å². The highest BCUT2D eigenvalue weighted by molar-refractivity contribution is 6.33. The third-order valence-electron chi connectivity index (χ3n) is 2.80. The lowest BCUT2D eigenvalue weighted by molar-refractivity contribution is -0.126. The Balaban J connectivity index is 1.84. The molecule has 118 valence electrons. The lowest BCUT2D eigenvalue weighted by Gasteiger charge is -2.06. The lowest BCUT2D eigenvalue weighted by atomic mass is 10.2. The average molecular weight is 332 g/mol. The van der Waals surface area contributed by atoms with Crippen LogP contribution in [0.2, 0.25) is 5.02 Å². The zero-order valence-corrected chi connectivity index (χ0v) is 12.7. The minimum absolute atomic E-state index is 0.0435. The fourth-order valence-electron chi connectivity index (χ4n) is 1.71. The number of nitrogens with one attached hydrogen (secondary N) is 2. The zero-order chi connectivity index (χ0) is 16.7. The molecular formula is C16H14ClN3O3. The van der Waals surface area contributed by atoms with Gasteiger partial charge in [0.2, 0.25) is 11.8 Å². The Morgan fingerprint density at radius 1 is 1.09 bits per heavy atom. The van der Waals surface area contributed by atoms with Crippen molar-refractivity contribution in [3.8, 4) is 5.75 Å². The molecule has 0 aliphatic rings. The summed E-state index contributed by atoms with van der Waals surface area (Å²) in [5.74, 6) is -1.04. The van der Waals surface area contributed by atoms with E-state index in [4.69, 9.17) is 11.6 Å². The van der Waals surface area contributed by atoms with Crippen LogP contribution in [0.25, 0.3) is 0 Å². The molecule has 23 heavy (non-hydrogen) atoms. The molecule has 0 bridgehead atoms. The number of hydrogen-bond acceptors (Lipinski definition) is 4. The molecule has 3 N–H and O–H groups in total. The molecule has 7 heteroatoms. The van der Waals surface area contributed by atoms with Gasteiger partial charge in [-0.2, -0.15) is 5.10 Å². The first-order valence-corrected chi connectivity index (χ1v) is 7.08. The van der Waals surface area contributed by atoms with Gasteiger partial charge in [-0.15, -0.1) is 0 Å². The molecule has 2 rings (SSSR count). The number of benzene rings is 2. The number of phenols is 1. The van der Waals surface area contributed by atoms with Gasteiger partial charge in [-0.05, 0) is 24.3 Å². The van der Waals surface area contributed by atoms with Crippen LogP contribution in [-0.4, -0.2) is 23.1 Å². The molecule has 0 aromatic heterocycles. The second-order valence-electron chi connectivity index (χ2n) is 4.56. The molecule has 0 heterocycles. The van der Waals surface area contributed by atoms with Gasteiger partial charge >= 0.3 is 0 Å². The summed E-state index contributed by atoms with van der Waals surface area (Å²) in [6.07, 6.45) is 0.891. The molecule has 2 aromatic carbocycles. The van der Waals surface area contributed by atoms with Gasteiger partial charge in [-0.3, -0.25) is 9.59 Å². The van der Waals surface area contributed by atoms with Gasteiger partial charge in [-0.1, -0.05) is 35.9 Å². The zero-order valence-electron chi connectivity index (χ0n) is 12.0. The van der Waals surface area contributed by atoms with Crippen LogP contribution in [0.15, 0.2) is 53.6 Å². The van der Waals surface area contributed by atoms with Gasteiger partial charge < -0.3 is 10.4 Å². The number of anilines is 1. The highest BCUT2D eigenvalue weighted by atomic mass is 35.5. The molecule has 0 unspecified atom stereocenters. The number of aromatic hydroxyl groups is 1. The van der Waals surface area contributed by atoms with Crippen LogP contribution in [0.1, 0.15) is 12.0 Å². The van der Waals surface area contributed by atoms with Crippen molar-refractivity contribution < 1.29 is 14.7 Å². The number of phenolic OH excluding ortho intramolecular Hbond substituents is 1. The fourth-order valence-corrected chi connectivity index (χ4v) is 1.90. The number of halogens is 1. The van der Waals surface area contributed by atoms with Crippen LogP contribution in [0, 0.1) is 0 Å². The molecule has 2 amide bonds. The summed E-state index contributed by atoms with van der Waals surface area (Å²) < 4.78 is 0. The van der Waals surface area contributed by atoms with E-state index in [9.17, 15) is 14.7 Å². The Bertz CT molecular complexity index is 747. The van der Waals surface area contributed by atoms with Crippen molar-refractivity contribution in [3.63, 3.8) is 0 Å². The quantitative estimate of drug-likeness (QED) is 0.446. The van der Waals surface area contributed by atoms with Crippen LogP contribution >= 0.6 is 11.6 Å². The van der Waals surface area contributed by atoms with Crippen molar-refractivity contribution in [1.82, 2.24) is 5.43 Å². The number of rotatable bonds is 5. The van der Waals surface area contributed by atoms with Crippen LogP contribution in [-0.2, 0) is 9.59 Å². The first-order valence-electron chi connectivity index (χ1n) is 6.70. The van der Waals surface area contributed by atoms with E-state index >= 15 is 0 Å². The van der Waals surface area contributed by atoms with E-state index in [2.05, 4.69) is 15.8 Å². The van der Waals surface area contributed by atoms with E-state index < -0.39 is 18.2 Å². The molecule has 0 aliphatic carbocycles. The van der Waals surface area contributed by atoms with Crippen LogP contribution in [0.5, 0.6) is 5.75 Å². The second-order valence-corrected chi connectivity index (χ2v) is 4.96. The first-order chi connectivity index (χ1) is 11.1. The highest BCUT2D eigenvalue weighted by Crippen LogP contribution is 2.20. The molecular weight excluding hydrogens is 318 g/mol. The first kappa shape index (κ1) is 16.5. The number of hydrogen-bond donors (Lipinski definition) is 3. The van der Waals surface area contributed by atoms with Gasteiger partial charge in [0.05, 0.1) is 16.9 Å². The van der Waals surface area contributed by atoms with Gasteiger partial charge in [0.1, 0.15) is 12.2 Å². The summed E-state index contributed by atoms with van der Waals surface area (Å²) in [5, 5.41) is 16.1.